The molecule has 1 heterocycles. The second-order valence-electron chi connectivity index (χ2n) is 4.26. The van der Waals surface area contributed by atoms with Crippen molar-refractivity contribution in [1.29, 1.82) is 0 Å². The van der Waals surface area contributed by atoms with Gasteiger partial charge in [-0.2, -0.15) is 0 Å². The molecule has 2 rings (SSSR count). The Labute approximate surface area is 103 Å². The minimum atomic E-state index is 0.528. The summed E-state index contributed by atoms with van der Waals surface area (Å²) in [7, 11) is 0. The van der Waals surface area contributed by atoms with Crippen molar-refractivity contribution in [3.05, 3.63) is 66.0 Å². The van der Waals surface area contributed by atoms with Gasteiger partial charge in [-0.15, -0.1) is 0 Å². The fourth-order valence-corrected chi connectivity index (χ4v) is 1.82. The molecule has 1 aromatic carbocycles. The standard InChI is InChI=1S/C15H18N2/c1-13(14-7-3-2-4-8-14)11-16-12-15-9-5-6-10-17-15/h2-10,13,16H,11-12H2,1H3/t13-/m1/s1. The molecule has 1 atom stereocenters. The zero-order valence-electron chi connectivity index (χ0n) is 10.1. The van der Waals surface area contributed by atoms with Gasteiger partial charge < -0.3 is 5.32 Å². The number of nitrogens with one attached hydrogen (secondary N) is 1. The number of benzene rings is 1. The topological polar surface area (TPSA) is 24.9 Å². The molecule has 0 saturated carbocycles. The summed E-state index contributed by atoms with van der Waals surface area (Å²) in [6.45, 7) is 4.04. The molecule has 0 aliphatic heterocycles. The minimum absolute atomic E-state index is 0.528. The van der Waals surface area contributed by atoms with Crippen LogP contribution < -0.4 is 5.32 Å². The average Bonchev–Trinajstić information content (AvgIpc) is 2.41. The average molecular weight is 226 g/mol. The number of pyridine rings is 1. The molecule has 0 saturated heterocycles. The summed E-state index contributed by atoms with van der Waals surface area (Å²) in [6.07, 6.45) is 1.83. The van der Waals surface area contributed by atoms with Crippen LogP contribution in [0.25, 0.3) is 0 Å². The van der Waals surface area contributed by atoms with Crippen molar-refractivity contribution >= 4 is 0 Å². The smallest absolute Gasteiger partial charge is 0.0541 e. The van der Waals surface area contributed by atoms with E-state index in [1.807, 2.05) is 24.4 Å². The summed E-state index contributed by atoms with van der Waals surface area (Å²) in [5.74, 6) is 0.528. The Kier molecular flexibility index (Phi) is 4.28. The van der Waals surface area contributed by atoms with Gasteiger partial charge in [-0.05, 0) is 23.6 Å². The molecule has 2 heteroatoms. The summed E-state index contributed by atoms with van der Waals surface area (Å²) >= 11 is 0. The molecule has 2 aromatic rings. The van der Waals surface area contributed by atoms with E-state index in [1.54, 1.807) is 0 Å². The normalized spacial score (nSPS) is 12.3. The molecule has 0 unspecified atom stereocenters. The third-order valence-corrected chi connectivity index (χ3v) is 2.85. The van der Waals surface area contributed by atoms with E-state index in [2.05, 4.69) is 47.6 Å². The zero-order valence-corrected chi connectivity index (χ0v) is 10.1. The third-order valence-electron chi connectivity index (χ3n) is 2.85. The highest BCUT2D eigenvalue weighted by Gasteiger charge is 2.03. The Bertz CT molecular complexity index is 425. The maximum absolute atomic E-state index is 4.29. The van der Waals surface area contributed by atoms with E-state index in [9.17, 15) is 0 Å². The van der Waals surface area contributed by atoms with Crippen molar-refractivity contribution in [2.45, 2.75) is 19.4 Å². The van der Waals surface area contributed by atoms with Gasteiger partial charge >= 0.3 is 0 Å². The highest BCUT2D eigenvalue weighted by molar-refractivity contribution is 5.19. The van der Waals surface area contributed by atoms with Crippen LogP contribution in [0.15, 0.2) is 54.7 Å². The van der Waals surface area contributed by atoms with Gasteiger partial charge in [0.15, 0.2) is 0 Å². The van der Waals surface area contributed by atoms with Crippen molar-refractivity contribution in [3.8, 4) is 0 Å². The van der Waals surface area contributed by atoms with Crippen LogP contribution >= 0.6 is 0 Å². The second-order valence-corrected chi connectivity index (χ2v) is 4.26. The summed E-state index contributed by atoms with van der Waals surface area (Å²) in [5, 5.41) is 3.44. The van der Waals surface area contributed by atoms with Gasteiger partial charge in [0.25, 0.3) is 0 Å². The lowest BCUT2D eigenvalue weighted by Gasteiger charge is -2.12. The van der Waals surface area contributed by atoms with Crippen molar-refractivity contribution in [3.63, 3.8) is 0 Å². The van der Waals surface area contributed by atoms with E-state index in [1.165, 1.54) is 5.56 Å². The predicted octanol–water partition coefficient (Wildman–Crippen LogP) is 2.97. The largest absolute Gasteiger partial charge is 0.311 e. The van der Waals surface area contributed by atoms with Crippen LogP contribution in [0.1, 0.15) is 24.1 Å². The molecule has 0 aliphatic rings. The monoisotopic (exact) mass is 226 g/mol. The van der Waals surface area contributed by atoms with E-state index in [4.69, 9.17) is 0 Å². The highest BCUT2D eigenvalue weighted by Crippen LogP contribution is 2.13. The minimum Gasteiger partial charge on any atom is -0.311 e. The SMILES string of the molecule is C[C@H](CNCc1ccccn1)c1ccccc1. The highest BCUT2D eigenvalue weighted by atomic mass is 14.9. The molecule has 17 heavy (non-hydrogen) atoms. The van der Waals surface area contributed by atoms with Gasteiger partial charge in [-0.1, -0.05) is 43.3 Å². The Morgan fingerprint density at radius 1 is 1.06 bits per heavy atom. The molecule has 2 nitrogen and oxygen atoms in total. The van der Waals surface area contributed by atoms with Crippen molar-refractivity contribution < 1.29 is 0 Å². The lowest BCUT2D eigenvalue weighted by Crippen LogP contribution is -2.20. The second kappa shape index (κ2) is 6.16. The predicted molar refractivity (Wildman–Crippen MR) is 70.8 cm³/mol. The Morgan fingerprint density at radius 3 is 2.53 bits per heavy atom. The van der Waals surface area contributed by atoms with Crippen LogP contribution in [0.2, 0.25) is 0 Å². The molecule has 88 valence electrons. The number of aromatic nitrogens is 1. The van der Waals surface area contributed by atoms with Gasteiger partial charge in [0.2, 0.25) is 0 Å². The summed E-state index contributed by atoms with van der Waals surface area (Å²) < 4.78 is 0. The zero-order chi connectivity index (χ0) is 11.9. The summed E-state index contributed by atoms with van der Waals surface area (Å²) in [6, 6.07) is 16.6. The molecule has 0 spiro atoms. The summed E-state index contributed by atoms with van der Waals surface area (Å²) in [4.78, 5) is 4.29. The third kappa shape index (κ3) is 3.68. The lowest BCUT2D eigenvalue weighted by molar-refractivity contribution is 0.608. The van der Waals surface area contributed by atoms with Gasteiger partial charge in [0.1, 0.15) is 0 Å². The maximum Gasteiger partial charge on any atom is 0.0541 e. The Balaban J connectivity index is 1.79. The first-order chi connectivity index (χ1) is 8.36. The maximum atomic E-state index is 4.29. The van der Waals surface area contributed by atoms with Crippen LogP contribution in [0, 0.1) is 0 Å². The van der Waals surface area contributed by atoms with Crippen molar-refractivity contribution in [2.24, 2.45) is 0 Å². The van der Waals surface area contributed by atoms with Crippen LogP contribution in [0.4, 0.5) is 0 Å². The van der Waals surface area contributed by atoms with E-state index in [0.29, 0.717) is 5.92 Å². The van der Waals surface area contributed by atoms with Gasteiger partial charge in [0, 0.05) is 19.3 Å². The number of hydrogen-bond acceptors (Lipinski definition) is 2. The number of hydrogen-bond donors (Lipinski definition) is 1. The first-order valence-electron chi connectivity index (χ1n) is 6.02. The Hall–Kier alpha value is -1.67. The molecule has 0 fully saturated rings. The molecular formula is C15H18N2. The van der Waals surface area contributed by atoms with Crippen LogP contribution in [-0.4, -0.2) is 11.5 Å². The molecule has 1 aromatic heterocycles. The lowest BCUT2D eigenvalue weighted by atomic mass is 10.0. The fourth-order valence-electron chi connectivity index (χ4n) is 1.82. The van der Waals surface area contributed by atoms with E-state index < -0.39 is 0 Å². The van der Waals surface area contributed by atoms with E-state index in [0.717, 1.165) is 18.8 Å². The fraction of sp³-hybridized carbons (Fsp3) is 0.267. The molecule has 0 aliphatic carbocycles. The first kappa shape index (κ1) is 11.8. The van der Waals surface area contributed by atoms with Crippen molar-refractivity contribution in [2.75, 3.05) is 6.54 Å². The molecule has 0 radical (unpaired) electrons. The van der Waals surface area contributed by atoms with Crippen molar-refractivity contribution in [1.82, 2.24) is 10.3 Å². The first-order valence-corrected chi connectivity index (χ1v) is 6.02. The quantitative estimate of drug-likeness (QED) is 0.847. The summed E-state index contributed by atoms with van der Waals surface area (Å²) in [5.41, 5.74) is 2.47. The Morgan fingerprint density at radius 2 is 1.82 bits per heavy atom. The van der Waals surface area contributed by atoms with Crippen LogP contribution in [0.3, 0.4) is 0 Å². The van der Waals surface area contributed by atoms with Crippen LogP contribution in [-0.2, 0) is 6.54 Å². The molecule has 0 amide bonds. The molecule has 1 N–H and O–H groups in total. The van der Waals surface area contributed by atoms with Gasteiger partial charge in [-0.25, -0.2) is 0 Å². The van der Waals surface area contributed by atoms with Crippen LogP contribution in [0.5, 0.6) is 0 Å². The van der Waals surface area contributed by atoms with Gasteiger partial charge in [0.05, 0.1) is 5.69 Å². The molecular weight excluding hydrogens is 208 g/mol. The number of rotatable bonds is 5. The van der Waals surface area contributed by atoms with Gasteiger partial charge in [-0.3, -0.25) is 4.98 Å². The van der Waals surface area contributed by atoms with E-state index in [-0.39, 0.29) is 0 Å². The van der Waals surface area contributed by atoms with E-state index >= 15 is 0 Å². The number of nitrogens with zero attached hydrogens (tertiary/aromatic N) is 1. The molecule has 0 bridgehead atoms.